The highest BCUT2D eigenvalue weighted by molar-refractivity contribution is 5.27. The first-order valence-electron chi connectivity index (χ1n) is 5.62. The van der Waals surface area contributed by atoms with E-state index in [1.54, 1.807) is 24.5 Å². The second-order valence-corrected chi connectivity index (χ2v) is 3.86. The Morgan fingerprint density at radius 2 is 1.65 bits per heavy atom. The van der Waals surface area contributed by atoms with Gasteiger partial charge in [0.05, 0.1) is 11.6 Å². The highest BCUT2D eigenvalue weighted by Gasteiger charge is 2.25. The van der Waals surface area contributed by atoms with Gasteiger partial charge in [-0.25, -0.2) is 9.97 Å². The predicted molar refractivity (Wildman–Crippen MR) is 65.2 cm³/mol. The molecule has 1 aromatic carbocycles. The van der Waals surface area contributed by atoms with Gasteiger partial charge in [-0.2, -0.15) is 5.26 Å². The maximum atomic E-state index is 8.29. The van der Waals surface area contributed by atoms with Crippen molar-refractivity contribution in [3.8, 4) is 6.07 Å². The summed E-state index contributed by atoms with van der Waals surface area (Å²) in [4.78, 5) is 8.26. The summed E-state index contributed by atoms with van der Waals surface area (Å²) in [5, 5.41) is 8.29. The predicted octanol–water partition coefficient (Wildman–Crippen LogP) is 2.91. The Bertz CT molecular complexity index is 484. The lowest BCUT2D eigenvalue weighted by molar-refractivity contribution is 0.927. The first-order chi connectivity index (χ1) is 8.40. The normalized spacial score (nSPS) is 13.1. The smallest absolute Gasteiger partial charge is 0.131 e. The lowest BCUT2D eigenvalue weighted by Crippen LogP contribution is -1.87. The Hall–Kier alpha value is -2.21. The van der Waals surface area contributed by atoms with Gasteiger partial charge in [-0.3, -0.25) is 0 Å². The molecular weight excluding hydrogens is 210 g/mol. The lowest BCUT2D eigenvalue weighted by atomic mass is 10.2. The molecule has 84 valence electrons. The second-order valence-electron chi connectivity index (χ2n) is 3.86. The summed E-state index contributed by atoms with van der Waals surface area (Å²) in [5.74, 6) is 1.71. The van der Waals surface area contributed by atoms with Crippen LogP contribution in [0.3, 0.4) is 0 Å². The third-order valence-electron chi connectivity index (χ3n) is 2.43. The fraction of sp³-hybridized carbons (Fsp3) is 0.214. The average Bonchev–Trinajstić information content (AvgIpc) is 3.26. The summed E-state index contributed by atoms with van der Waals surface area (Å²) in [6.45, 7) is 0. The van der Waals surface area contributed by atoms with Crippen molar-refractivity contribution >= 4 is 0 Å². The number of aromatic nitrogens is 2. The average molecular weight is 223 g/mol. The highest BCUT2D eigenvalue weighted by Crippen LogP contribution is 2.37. The first-order valence-corrected chi connectivity index (χ1v) is 5.62. The van der Waals surface area contributed by atoms with Gasteiger partial charge >= 0.3 is 0 Å². The van der Waals surface area contributed by atoms with Crippen LogP contribution in [0.25, 0.3) is 0 Å². The van der Waals surface area contributed by atoms with Gasteiger partial charge in [0.2, 0.25) is 0 Å². The first kappa shape index (κ1) is 11.3. The summed E-state index contributed by atoms with van der Waals surface area (Å²) in [7, 11) is 0. The Morgan fingerprint density at radius 3 is 2.12 bits per heavy atom. The topological polar surface area (TPSA) is 49.6 Å². The Kier molecular flexibility index (Phi) is 3.82. The molecule has 2 aromatic rings. The van der Waals surface area contributed by atoms with E-state index in [0.717, 1.165) is 5.82 Å². The minimum Gasteiger partial charge on any atom is -0.241 e. The standard InChI is InChI=1S/C7H8N2.C7H5N/c1-4-8-7(9-5-1)6-2-3-6;8-6-7-4-2-1-3-5-7/h1,4-6H,2-3H2;1-5H. The summed E-state index contributed by atoms with van der Waals surface area (Å²) in [5.41, 5.74) is 0.715. The second kappa shape index (κ2) is 5.76. The Morgan fingerprint density at radius 1 is 1.00 bits per heavy atom. The van der Waals surface area contributed by atoms with Gasteiger partial charge in [0.25, 0.3) is 0 Å². The SMILES string of the molecule is N#Cc1ccccc1.c1cnc(C2CC2)nc1. The monoisotopic (exact) mass is 223 g/mol. The Balaban J connectivity index is 0.000000128. The van der Waals surface area contributed by atoms with Gasteiger partial charge in [-0.15, -0.1) is 0 Å². The molecule has 0 radical (unpaired) electrons. The lowest BCUT2D eigenvalue weighted by Gasteiger charge is -1.90. The van der Waals surface area contributed by atoms with E-state index in [1.807, 2.05) is 30.3 Å². The fourth-order valence-corrected chi connectivity index (χ4v) is 1.38. The molecule has 1 fully saturated rings. The van der Waals surface area contributed by atoms with E-state index in [0.29, 0.717) is 11.5 Å². The number of hydrogen-bond acceptors (Lipinski definition) is 3. The molecule has 0 N–H and O–H groups in total. The Labute approximate surface area is 101 Å². The zero-order valence-electron chi connectivity index (χ0n) is 9.45. The van der Waals surface area contributed by atoms with Crippen molar-refractivity contribution in [3.05, 3.63) is 60.2 Å². The van der Waals surface area contributed by atoms with E-state index in [-0.39, 0.29) is 0 Å². The summed E-state index contributed by atoms with van der Waals surface area (Å²) in [6.07, 6.45) is 6.18. The quantitative estimate of drug-likeness (QED) is 0.746. The van der Waals surface area contributed by atoms with Crippen molar-refractivity contribution in [1.82, 2.24) is 9.97 Å². The van der Waals surface area contributed by atoms with E-state index in [2.05, 4.69) is 9.97 Å². The van der Waals surface area contributed by atoms with Crippen molar-refractivity contribution < 1.29 is 0 Å². The van der Waals surface area contributed by atoms with Crippen LogP contribution in [0.5, 0.6) is 0 Å². The van der Waals surface area contributed by atoms with Crippen molar-refractivity contribution in [2.75, 3.05) is 0 Å². The van der Waals surface area contributed by atoms with E-state index in [4.69, 9.17) is 5.26 Å². The van der Waals surface area contributed by atoms with Crippen LogP contribution in [0.2, 0.25) is 0 Å². The molecule has 0 bridgehead atoms. The van der Waals surface area contributed by atoms with Crippen LogP contribution in [0.4, 0.5) is 0 Å². The van der Waals surface area contributed by atoms with E-state index in [1.165, 1.54) is 12.8 Å². The largest absolute Gasteiger partial charge is 0.241 e. The molecule has 1 aliphatic rings. The minimum atomic E-state index is 0.686. The molecule has 17 heavy (non-hydrogen) atoms. The molecule has 1 aliphatic carbocycles. The molecule has 1 aromatic heterocycles. The van der Waals surface area contributed by atoms with Gasteiger partial charge in [-0.1, -0.05) is 18.2 Å². The highest BCUT2D eigenvalue weighted by atomic mass is 14.9. The molecule has 3 rings (SSSR count). The molecule has 0 amide bonds. The molecule has 0 unspecified atom stereocenters. The number of nitriles is 1. The molecule has 0 saturated heterocycles. The van der Waals surface area contributed by atoms with Crippen LogP contribution in [0.15, 0.2) is 48.8 Å². The van der Waals surface area contributed by atoms with Crippen LogP contribution in [0.1, 0.15) is 30.1 Å². The van der Waals surface area contributed by atoms with Gasteiger partial charge < -0.3 is 0 Å². The van der Waals surface area contributed by atoms with Crippen molar-refractivity contribution in [2.24, 2.45) is 0 Å². The van der Waals surface area contributed by atoms with Crippen LogP contribution >= 0.6 is 0 Å². The molecule has 0 aliphatic heterocycles. The van der Waals surface area contributed by atoms with Crippen molar-refractivity contribution in [1.29, 1.82) is 5.26 Å². The van der Waals surface area contributed by atoms with Gasteiger partial charge in [-0.05, 0) is 31.0 Å². The molecule has 0 spiro atoms. The summed E-state index contributed by atoms with van der Waals surface area (Å²) < 4.78 is 0. The molecule has 3 heteroatoms. The number of nitrogens with zero attached hydrogens (tertiary/aromatic N) is 3. The van der Waals surface area contributed by atoms with E-state index in [9.17, 15) is 0 Å². The van der Waals surface area contributed by atoms with Crippen LogP contribution in [0, 0.1) is 11.3 Å². The van der Waals surface area contributed by atoms with Crippen molar-refractivity contribution in [3.63, 3.8) is 0 Å². The van der Waals surface area contributed by atoms with Gasteiger partial charge in [0, 0.05) is 18.3 Å². The number of rotatable bonds is 1. The van der Waals surface area contributed by atoms with E-state index >= 15 is 0 Å². The maximum Gasteiger partial charge on any atom is 0.131 e. The van der Waals surface area contributed by atoms with Crippen molar-refractivity contribution in [2.45, 2.75) is 18.8 Å². The molecule has 1 heterocycles. The van der Waals surface area contributed by atoms with Crippen LogP contribution in [-0.4, -0.2) is 9.97 Å². The number of hydrogen-bond donors (Lipinski definition) is 0. The maximum absolute atomic E-state index is 8.29. The van der Waals surface area contributed by atoms with Gasteiger partial charge in [0.1, 0.15) is 5.82 Å². The van der Waals surface area contributed by atoms with Crippen LogP contribution in [-0.2, 0) is 0 Å². The molecule has 1 saturated carbocycles. The number of benzene rings is 1. The molecule has 3 nitrogen and oxygen atoms in total. The van der Waals surface area contributed by atoms with Crippen LogP contribution < -0.4 is 0 Å². The summed E-state index contributed by atoms with van der Waals surface area (Å²) in [6, 6.07) is 13.0. The zero-order chi connectivity index (χ0) is 11.9. The van der Waals surface area contributed by atoms with E-state index < -0.39 is 0 Å². The summed E-state index contributed by atoms with van der Waals surface area (Å²) >= 11 is 0. The third-order valence-corrected chi connectivity index (χ3v) is 2.43. The van der Waals surface area contributed by atoms with Gasteiger partial charge in [0.15, 0.2) is 0 Å². The zero-order valence-corrected chi connectivity index (χ0v) is 9.45. The molecule has 0 atom stereocenters. The molecular formula is C14H13N3. The third kappa shape index (κ3) is 3.69. The fourth-order valence-electron chi connectivity index (χ4n) is 1.38. The minimum absolute atomic E-state index is 0.686.